The summed E-state index contributed by atoms with van der Waals surface area (Å²) in [7, 11) is 0. The minimum Gasteiger partial charge on any atom is -0.330 e. The molecule has 0 bridgehead atoms. The number of hydrogen-bond acceptors (Lipinski definition) is 4. The Labute approximate surface area is 151 Å². The van der Waals surface area contributed by atoms with Gasteiger partial charge in [0.25, 0.3) is 11.8 Å². The second-order valence-electron chi connectivity index (χ2n) is 6.88. The number of nitrogens with zero attached hydrogens (tertiary/aromatic N) is 1. The summed E-state index contributed by atoms with van der Waals surface area (Å²) in [6, 6.07) is 16.4. The molecule has 2 aromatic rings. The summed E-state index contributed by atoms with van der Waals surface area (Å²) in [5.74, 6) is -1.40. The average Bonchev–Trinajstić information content (AvgIpc) is 3.14. The van der Waals surface area contributed by atoms with Gasteiger partial charge in [-0.1, -0.05) is 55.5 Å². The Morgan fingerprint density at radius 2 is 1.50 bits per heavy atom. The Balaban J connectivity index is 1.55. The van der Waals surface area contributed by atoms with Gasteiger partial charge in [0.05, 0.1) is 6.42 Å². The van der Waals surface area contributed by atoms with Crippen LogP contribution in [0.3, 0.4) is 0 Å². The molecule has 5 nitrogen and oxygen atoms in total. The summed E-state index contributed by atoms with van der Waals surface area (Å²) in [5, 5.41) is 0.617. The maximum Gasteiger partial charge on any atom is 0.333 e. The van der Waals surface area contributed by atoms with Gasteiger partial charge < -0.3 is 4.84 Å². The van der Waals surface area contributed by atoms with Crippen LogP contribution in [0.5, 0.6) is 0 Å². The molecule has 132 valence electrons. The highest BCUT2D eigenvalue weighted by molar-refractivity contribution is 6.01. The number of hydroxylamine groups is 2. The van der Waals surface area contributed by atoms with Crippen LogP contribution in [-0.4, -0.2) is 22.8 Å². The first kappa shape index (κ1) is 16.5. The van der Waals surface area contributed by atoms with Crippen molar-refractivity contribution in [1.82, 2.24) is 5.06 Å². The molecule has 5 heteroatoms. The predicted octanol–water partition coefficient (Wildman–Crippen LogP) is 3.43. The van der Waals surface area contributed by atoms with Crippen molar-refractivity contribution in [3.05, 3.63) is 59.7 Å². The first-order valence-corrected chi connectivity index (χ1v) is 8.81. The molecule has 2 amide bonds. The number of carbonyl (C=O) groups excluding carboxylic acids is 3. The second-order valence-corrected chi connectivity index (χ2v) is 6.88. The normalized spacial score (nSPS) is 17.2. The quantitative estimate of drug-likeness (QED) is 0.793. The molecule has 0 aromatic heterocycles. The third-order valence-electron chi connectivity index (χ3n) is 5.14. The van der Waals surface area contributed by atoms with E-state index in [1.54, 1.807) is 0 Å². The van der Waals surface area contributed by atoms with Crippen LogP contribution in [0.4, 0.5) is 0 Å². The fourth-order valence-corrected chi connectivity index (χ4v) is 3.99. The first-order valence-electron chi connectivity index (χ1n) is 8.81. The largest absolute Gasteiger partial charge is 0.333 e. The van der Waals surface area contributed by atoms with Gasteiger partial charge >= 0.3 is 5.97 Å². The van der Waals surface area contributed by atoms with E-state index >= 15 is 0 Å². The summed E-state index contributed by atoms with van der Waals surface area (Å²) in [5.41, 5.74) is 4.78. The number of hydrogen-bond donors (Lipinski definition) is 0. The predicted molar refractivity (Wildman–Crippen MR) is 94.7 cm³/mol. The second kappa shape index (κ2) is 6.41. The molecule has 1 atom stereocenters. The Bertz CT molecular complexity index is 843. The highest BCUT2D eigenvalue weighted by Crippen LogP contribution is 2.48. The van der Waals surface area contributed by atoms with Gasteiger partial charge in [-0.25, -0.2) is 4.79 Å². The van der Waals surface area contributed by atoms with Crippen molar-refractivity contribution in [1.29, 1.82) is 0 Å². The van der Waals surface area contributed by atoms with E-state index in [-0.39, 0.29) is 31.1 Å². The molecule has 1 saturated heterocycles. The van der Waals surface area contributed by atoms with Crippen molar-refractivity contribution in [2.45, 2.75) is 32.1 Å². The van der Waals surface area contributed by atoms with Crippen LogP contribution < -0.4 is 0 Å². The lowest BCUT2D eigenvalue weighted by Gasteiger charge is -2.22. The van der Waals surface area contributed by atoms with Gasteiger partial charge in [0.1, 0.15) is 0 Å². The summed E-state index contributed by atoms with van der Waals surface area (Å²) >= 11 is 0. The number of imide groups is 1. The standard InChI is InChI=1S/C21H19NO4/c1-13(12-20(25)26-22-18(23)10-11-19(22)24)21-16-8-4-2-6-14(16)15-7-3-5-9-17(15)21/h2-9,13,21H,10-12H2,1H3. The minimum absolute atomic E-state index is 0.0277. The summed E-state index contributed by atoms with van der Waals surface area (Å²) in [6.45, 7) is 2.00. The van der Waals surface area contributed by atoms with E-state index in [0.717, 1.165) is 0 Å². The molecule has 4 rings (SSSR count). The molecule has 2 aromatic carbocycles. The van der Waals surface area contributed by atoms with Crippen molar-refractivity contribution in [2.75, 3.05) is 0 Å². The fourth-order valence-electron chi connectivity index (χ4n) is 3.99. The third-order valence-corrected chi connectivity index (χ3v) is 5.14. The molecule has 0 spiro atoms. The van der Waals surface area contributed by atoms with Crippen LogP contribution in [-0.2, 0) is 19.2 Å². The SMILES string of the molecule is CC(CC(=O)ON1C(=O)CCC1=O)C1c2ccccc2-c2ccccc21. The van der Waals surface area contributed by atoms with E-state index in [9.17, 15) is 14.4 Å². The maximum atomic E-state index is 12.3. The molecule has 1 aliphatic carbocycles. The van der Waals surface area contributed by atoms with Crippen molar-refractivity contribution in [3.63, 3.8) is 0 Å². The lowest BCUT2D eigenvalue weighted by molar-refractivity contribution is -0.198. The molecular formula is C21H19NO4. The first-order chi connectivity index (χ1) is 12.6. The van der Waals surface area contributed by atoms with E-state index in [1.165, 1.54) is 22.3 Å². The van der Waals surface area contributed by atoms with Crippen LogP contribution in [0.2, 0.25) is 0 Å². The van der Waals surface area contributed by atoms with Crippen LogP contribution in [0.1, 0.15) is 43.2 Å². The van der Waals surface area contributed by atoms with Crippen LogP contribution in [0.25, 0.3) is 11.1 Å². The fraction of sp³-hybridized carbons (Fsp3) is 0.286. The Kier molecular flexibility index (Phi) is 4.07. The smallest absolute Gasteiger partial charge is 0.330 e. The molecule has 1 aliphatic heterocycles. The molecule has 1 heterocycles. The highest BCUT2D eigenvalue weighted by Gasteiger charge is 2.36. The Morgan fingerprint density at radius 1 is 1.00 bits per heavy atom. The van der Waals surface area contributed by atoms with Crippen LogP contribution in [0.15, 0.2) is 48.5 Å². The molecule has 2 aliphatic rings. The molecule has 26 heavy (non-hydrogen) atoms. The zero-order chi connectivity index (χ0) is 18.3. The number of carbonyl (C=O) groups is 3. The summed E-state index contributed by atoms with van der Waals surface area (Å²) in [4.78, 5) is 40.6. The van der Waals surface area contributed by atoms with Gasteiger partial charge in [0.2, 0.25) is 0 Å². The lowest BCUT2D eigenvalue weighted by Crippen LogP contribution is -2.32. The number of rotatable bonds is 4. The van der Waals surface area contributed by atoms with E-state index in [0.29, 0.717) is 5.06 Å². The van der Waals surface area contributed by atoms with E-state index in [2.05, 4.69) is 24.3 Å². The lowest BCUT2D eigenvalue weighted by atomic mass is 9.83. The van der Waals surface area contributed by atoms with Gasteiger partial charge in [-0.3, -0.25) is 9.59 Å². The monoisotopic (exact) mass is 349 g/mol. The third kappa shape index (κ3) is 2.69. The molecule has 1 fully saturated rings. The number of fused-ring (bicyclic) bond motifs is 3. The van der Waals surface area contributed by atoms with Crippen molar-refractivity contribution in [2.24, 2.45) is 5.92 Å². The van der Waals surface area contributed by atoms with E-state index < -0.39 is 17.8 Å². The van der Waals surface area contributed by atoms with Gasteiger partial charge in [0.15, 0.2) is 0 Å². The molecule has 0 radical (unpaired) electrons. The van der Waals surface area contributed by atoms with Crippen molar-refractivity contribution < 1.29 is 19.2 Å². The van der Waals surface area contributed by atoms with Gasteiger partial charge in [-0.05, 0) is 28.2 Å². The maximum absolute atomic E-state index is 12.3. The van der Waals surface area contributed by atoms with Crippen molar-refractivity contribution in [3.8, 4) is 11.1 Å². The van der Waals surface area contributed by atoms with E-state index in [1.807, 2.05) is 31.2 Å². The average molecular weight is 349 g/mol. The molecule has 0 N–H and O–H groups in total. The topological polar surface area (TPSA) is 63.7 Å². The molecule has 0 saturated carbocycles. The summed E-state index contributed by atoms with van der Waals surface area (Å²) in [6.07, 6.45) is 0.334. The van der Waals surface area contributed by atoms with Gasteiger partial charge in [0, 0.05) is 18.8 Å². The zero-order valence-corrected chi connectivity index (χ0v) is 14.5. The van der Waals surface area contributed by atoms with Crippen molar-refractivity contribution >= 4 is 17.8 Å². The molecule has 1 unspecified atom stereocenters. The van der Waals surface area contributed by atoms with Gasteiger partial charge in [-0.2, -0.15) is 0 Å². The zero-order valence-electron chi connectivity index (χ0n) is 14.5. The Hall–Kier alpha value is -2.95. The van der Waals surface area contributed by atoms with Crippen LogP contribution in [0, 0.1) is 5.92 Å². The Morgan fingerprint density at radius 3 is 2.04 bits per heavy atom. The van der Waals surface area contributed by atoms with Crippen LogP contribution >= 0.6 is 0 Å². The van der Waals surface area contributed by atoms with E-state index in [4.69, 9.17) is 4.84 Å². The number of amides is 2. The summed E-state index contributed by atoms with van der Waals surface area (Å²) < 4.78 is 0. The number of benzene rings is 2. The van der Waals surface area contributed by atoms with Gasteiger partial charge in [-0.15, -0.1) is 5.06 Å². The highest BCUT2D eigenvalue weighted by atomic mass is 16.7. The minimum atomic E-state index is -0.553. The molecular weight excluding hydrogens is 330 g/mol.